The number of aryl methyl sites for hydroxylation is 1. The molecule has 4 aromatic rings. The van der Waals surface area contributed by atoms with Gasteiger partial charge >= 0.3 is 0 Å². The number of carbonyl (C=O) groups excluding carboxylic acids is 1. The molecule has 1 saturated heterocycles. The Morgan fingerprint density at radius 1 is 1.03 bits per heavy atom. The summed E-state index contributed by atoms with van der Waals surface area (Å²) in [4.78, 5) is 19.4. The third-order valence-electron chi connectivity index (χ3n) is 6.29. The molecule has 0 unspecified atom stereocenters. The van der Waals surface area contributed by atoms with Crippen LogP contribution < -0.4 is 5.32 Å². The van der Waals surface area contributed by atoms with E-state index in [2.05, 4.69) is 15.4 Å². The van der Waals surface area contributed by atoms with Gasteiger partial charge in [0.2, 0.25) is 0 Å². The Kier molecular flexibility index (Phi) is 5.47. The fraction of sp³-hybridized carbons (Fsp3) is 0.240. The number of anilines is 2. The van der Waals surface area contributed by atoms with E-state index in [-0.39, 0.29) is 43.2 Å². The van der Waals surface area contributed by atoms with Gasteiger partial charge in [-0.1, -0.05) is 12.1 Å². The largest absolute Gasteiger partial charge is 0.339 e. The fourth-order valence-corrected chi connectivity index (χ4v) is 4.32. The van der Waals surface area contributed by atoms with E-state index in [9.17, 15) is 13.6 Å². The Bertz CT molecular complexity index is 1360. The molecule has 9 heteroatoms. The Balaban J connectivity index is 1.42. The molecule has 0 spiro atoms. The maximum atomic E-state index is 15.6. The summed E-state index contributed by atoms with van der Waals surface area (Å²) < 4.78 is 43.9. The minimum absolute atomic E-state index is 0.0989. The molecule has 0 saturated carbocycles. The molecule has 6 nitrogen and oxygen atoms in total. The number of fused-ring (bicyclic) bond motifs is 1. The summed E-state index contributed by atoms with van der Waals surface area (Å²) in [5.74, 6) is -0.695. The molecule has 1 N–H and O–H groups in total. The van der Waals surface area contributed by atoms with Crippen LogP contribution in [0.2, 0.25) is 0 Å². The van der Waals surface area contributed by atoms with E-state index < -0.39 is 11.5 Å². The Labute approximate surface area is 194 Å². The zero-order valence-corrected chi connectivity index (χ0v) is 18.4. The van der Waals surface area contributed by atoms with Crippen molar-refractivity contribution in [1.29, 1.82) is 0 Å². The SMILES string of the molecule is Cc1cc(F)ccc1Nc1c(C(=O)N2CCC(F)(c3ccc(F)cc3)CC2)cnc2ccnn12. The molecule has 5 rings (SSSR count). The standard InChI is InChI=1S/C25H22F3N5O/c1-16-14-19(27)6-7-21(16)31-23-20(15-29-22-8-11-30-33(22)23)24(34)32-12-9-25(28,10-13-32)17-2-4-18(26)5-3-17/h2-8,11,14-15,31H,9-10,12-13H2,1H3. The maximum absolute atomic E-state index is 15.6. The number of amides is 1. The predicted octanol–water partition coefficient (Wildman–Crippen LogP) is 5.16. The number of aromatic nitrogens is 3. The number of nitrogens with zero attached hydrogens (tertiary/aromatic N) is 4. The highest BCUT2D eigenvalue weighted by Gasteiger charge is 2.38. The summed E-state index contributed by atoms with van der Waals surface area (Å²) in [6.07, 6.45) is 3.24. The van der Waals surface area contributed by atoms with Crippen LogP contribution in [-0.4, -0.2) is 38.5 Å². The number of piperidine rings is 1. The lowest BCUT2D eigenvalue weighted by molar-refractivity contribution is 0.0421. The molecule has 3 heterocycles. The number of nitrogens with one attached hydrogen (secondary N) is 1. The van der Waals surface area contributed by atoms with Gasteiger partial charge in [-0.2, -0.15) is 9.61 Å². The lowest BCUT2D eigenvalue weighted by Crippen LogP contribution is -2.43. The van der Waals surface area contributed by atoms with Crippen molar-refractivity contribution in [3.05, 3.63) is 89.2 Å². The van der Waals surface area contributed by atoms with Gasteiger partial charge in [-0.15, -0.1) is 0 Å². The number of benzene rings is 2. The van der Waals surface area contributed by atoms with Crippen LogP contribution in [-0.2, 0) is 5.67 Å². The highest BCUT2D eigenvalue weighted by Crippen LogP contribution is 2.37. The van der Waals surface area contributed by atoms with Gasteiger partial charge in [-0.3, -0.25) is 4.79 Å². The van der Waals surface area contributed by atoms with E-state index in [4.69, 9.17) is 0 Å². The third kappa shape index (κ3) is 3.98. The molecule has 0 atom stereocenters. The molecule has 1 fully saturated rings. The van der Waals surface area contributed by atoms with E-state index in [0.29, 0.717) is 28.3 Å². The first-order valence-corrected chi connectivity index (χ1v) is 10.9. The number of halogens is 3. The van der Waals surface area contributed by atoms with Gasteiger partial charge in [0, 0.05) is 43.9 Å². The predicted molar refractivity (Wildman–Crippen MR) is 122 cm³/mol. The second kappa shape index (κ2) is 8.48. The van der Waals surface area contributed by atoms with Crippen molar-refractivity contribution in [2.24, 2.45) is 0 Å². The first-order valence-electron chi connectivity index (χ1n) is 10.9. The molecule has 1 aliphatic heterocycles. The highest BCUT2D eigenvalue weighted by molar-refractivity contribution is 5.99. The first-order chi connectivity index (χ1) is 16.3. The van der Waals surface area contributed by atoms with Gasteiger partial charge < -0.3 is 10.2 Å². The van der Waals surface area contributed by atoms with Crippen molar-refractivity contribution in [2.75, 3.05) is 18.4 Å². The van der Waals surface area contributed by atoms with E-state index in [0.717, 1.165) is 0 Å². The molecule has 0 bridgehead atoms. The lowest BCUT2D eigenvalue weighted by atomic mass is 9.86. The molecule has 174 valence electrons. The van der Waals surface area contributed by atoms with E-state index in [1.165, 1.54) is 47.1 Å². The molecule has 0 radical (unpaired) electrons. The Morgan fingerprint density at radius 2 is 1.74 bits per heavy atom. The number of rotatable bonds is 4. The number of alkyl halides is 1. The monoisotopic (exact) mass is 465 g/mol. The van der Waals surface area contributed by atoms with Crippen molar-refractivity contribution in [1.82, 2.24) is 19.5 Å². The quantitative estimate of drug-likeness (QED) is 0.452. The number of hydrogen-bond donors (Lipinski definition) is 1. The van der Waals surface area contributed by atoms with Gasteiger partial charge in [-0.05, 0) is 48.4 Å². The van der Waals surface area contributed by atoms with E-state index >= 15 is 4.39 Å². The highest BCUT2D eigenvalue weighted by atomic mass is 19.1. The number of hydrogen-bond acceptors (Lipinski definition) is 4. The second-order valence-electron chi connectivity index (χ2n) is 8.47. The summed E-state index contributed by atoms with van der Waals surface area (Å²) in [6.45, 7) is 2.15. The van der Waals surface area contributed by atoms with Crippen molar-refractivity contribution < 1.29 is 18.0 Å². The normalized spacial score (nSPS) is 15.5. The minimum atomic E-state index is -1.62. The van der Waals surface area contributed by atoms with Crippen molar-refractivity contribution in [2.45, 2.75) is 25.4 Å². The molecular weight excluding hydrogens is 443 g/mol. The van der Waals surface area contributed by atoms with Crippen molar-refractivity contribution in [3.8, 4) is 0 Å². The van der Waals surface area contributed by atoms with Crippen LogP contribution in [0.4, 0.5) is 24.7 Å². The number of carbonyl (C=O) groups is 1. The summed E-state index contributed by atoms with van der Waals surface area (Å²) >= 11 is 0. The third-order valence-corrected chi connectivity index (χ3v) is 6.29. The van der Waals surface area contributed by atoms with Gasteiger partial charge in [0.05, 0.1) is 6.20 Å². The molecule has 1 aliphatic rings. The fourth-order valence-electron chi connectivity index (χ4n) is 4.32. The van der Waals surface area contributed by atoms with E-state index in [1.54, 1.807) is 30.2 Å². The van der Waals surface area contributed by atoms with Crippen LogP contribution in [0.1, 0.15) is 34.3 Å². The molecule has 34 heavy (non-hydrogen) atoms. The van der Waals surface area contributed by atoms with Gasteiger partial charge in [0.15, 0.2) is 5.65 Å². The number of likely N-dealkylation sites (tertiary alicyclic amines) is 1. The zero-order chi connectivity index (χ0) is 23.9. The van der Waals surface area contributed by atoms with Gasteiger partial charge in [-0.25, -0.2) is 18.2 Å². The van der Waals surface area contributed by atoms with Crippen LogP contribution >= 0.6 is 0 Å². The van der Waals surface area contributed by atoms with Crippen molar-refractivity contribution in [3.63, 3.8) is 0 Å². The molecule has 1 amide bonds. The molecule has 2 aromatic carbocycles. The van der Waals surface area contributed by atoms with E-state index in [1.807, 2.05) is 0 Å². The topological polar surface area (TPSA) is 62.5 Å². The average Bonchev–Trinajstić information content (AvgIpc) is 3.31. The molecule has 2 aromatic heterocycles. The van der Waals surface area contributed by atoms with Crippen LogP contribution in [0.5, 0.6) is 0 Å². The van der Waals surface area contributed by atoms with Crippen molar-refractivity contribution >= 4 is 23.1 Å². The van der Waals surface area contributed by atoms with Gasteiger partial charge in [0.25, 0.3) is 5.91 Å². The first kappa shape index (κ1) is 21.9. The van der Waals surface area contributed by atoms with Crippen LogP contribution in [0, 0.1) is 18.6 Å². The lowest BCUT2D eigenvalue weighted by Gasteiger charge is -2.37. The second-order valence-corrected chi connectivity index (χ2v) is 8.47. The summed E-state index contributed by atoms with van der Waals surface area (Å²) in [5.41, 5.74) is 0.881. The summed E-state index contributed by atoms with van der Waals surface area (Å²) in [6, 6.07) is 11.4. The summed E-state index contributed by atoms with van der Waals surface area (Å²) in [7, 11) is 0. The molecular formula is C25H22F3N5O. The maximum Gasteiger partial charge on any atom is 0.259 e. The zero-order valence-electron chi connectivity index (χ0n) is 18.4. The minimum Gasteiger partial charge on any atom is -0.339 e. The average molecular weight is 465 g/mol. The van der Waals surface area contributed by atoms with Gasteiger partial charge in [0.1, 0.15) is 28.7 Å². The summed E-state index contributed by atoms with van der Waals surface area (Å²) in [5, 5.41) is 7.48. The van der Waals surface area contributed by atoms with Crippen LogP contribution in [0.25, 0.3) is 5.65 Å². The smallest absolute Gasteiger partial charge is 0.259 e. The Morgan fingerprint density at radius 3 is 2.44 bits per heavy atom. The Hall–Kier alpha value is -3.88. The van der Waals surface area contributed by atoms with Crippen LogP contribution in [0.3, 0.4) is 0 Å². The van der Waals surface area contributed by atoms with Crippen LogP contribution in [0.15, 0.2) is 60.9 Å². The molecule has 0 aliphatic carbocycles.